The molecule has 30 heavy (non-hydrogen) atoms. The smallest absolute Gasteiger partial charge is 0.335 e. The summed E-state index contributed by atoms with van der Waals surface area (Å²) < 4.78 is 66.8. The van der Waals surface area contributed by atoms with Crippen molar-refractivity contribution >= 4 is 11.9 Å². The van der Waals surface area contributed by atoms with Gasteiger partial charge in [0, 0.05) is 0 Å². The first kappa shape index (κ1) is 20.6. The van der Waals surface area contributed by atoms with Crippen molar-refractivity contribution in [3.63, 3.8) is 0 Å². The number of rotatable bonds is 6. The molecule has 0 bridgehead atoms. The fourth-order valence-corrected chi connectivity index (χ4v) is 2.39. The summed E-state index contributed by atoms with van der Waals surface area (Å²) in [7, 11) is 0. The highest BCUT2D eigenvalue weighted by Crippen LogP contribution is 2.39. The molecule has 10 heteroatoms. The van der Waals surface area contributed by atoms with Crippen LogP contribution in [0.5, 0.6) is 23.0 Å². The van der Waals surface area contributed by atoms with Gasteiger partial charge in [-0.2, -0.15) is 13.2 Å². The number of hydrogen-bond acceptors (Lipinski definition) is 4. The van der Waals surface area contributed by atoms with Crippen molar-refractivity contribution in [1.29, 1.82) is 0 Å². The quantitative estimate of drug-likeness (QED) is 0.321. The standard InChI is InChI=1S/C20H10F4O6/c21-13-14(22)17(29-11-5-1-3-9(7-11)19(25)26)16(24)18(15(13)23)30-12-6-2-4-10(8-12)20(27)28/h1-8H,(H,25,26)(H,27,28). The lowest BCUT2D eigenvalue weighted by atomic mass is 10.2. The second-order valence-electron chi connectivity index (χ2n) is 5.78. The van der Waals surface area contributed by atoms with Gasteiger partial charge in [-0.05, 0) is 36.4 Å². The Morgan fingerprint density at radius 1 is 0.633 bits per heavy atom. The van der Waals surface area contributed by atoms with Gasteiger partial charge in [-0.15, -0.1) is 0 Å². The Morgan fingerprint density at radius 3 is 1.40 bits per heavy atom. The Bertz CT molecular complexity index is 1080. The molecule has 0 aliphatic carbocycles. The van der Waals surface area contributed by atoms with Gasteiger partial charge in [-0.3, -0.25) is 0 Å². The SMILES string of the molecule is O=C(O)c1cccc(Oc2c(F)c(F)c(F)c(Oc3cccc(C(=O)O)c3)c2F)c1. The maximum atomic E-state index is 14.7. The van der Waals surface area contributed by atoms with Crippen LogP contribution in [0.4, 0.5) is 17.6 Å². The molecule has 3 aromatic rings. The molecule has 3 rings (SSSR count). The first-order chi connectivity index (χ1) is 14.2. The number of carbonyl (C=O) groups is 2. The lowest BCUT2D eigenvalue weighted by Gasteiger charge is -2.14. The minimum atomic E-state index is -2.11. The molecule has 6 nitrogen and oxygen atoms in total. The summed E-state index contributed by atoms with van der Waals surface area (Å²) in [6, 6.07) is 8.90. The molecule has 0 aromatic heterocycles. The maximum absolute atomic E-state index is 14.7. The molecular formula is C20H10F4O6. The van der Waals surface area contributed by atoms with E-state index in [4.69, 9.17) is 19.7 Å². The Kier molecular flexibility index (Phi) is 5.58. The number of ether oxygens (including phenoxy) is 2. The normalized spacial score (nSPS) is 10.5. The summed E-state index contributed by atoms with van der Waals surface area (Å²) in [5.41, 5.74) is -0.560. The molecule has 0 aliphatic heterocycles. The third-order valence-corrected chi connectivity index (χ3v) is 3.78. The van der Waals surface area contributed by atoms with Crippen LogP contribution in [-0.2, 0) is 0 Å². The van der Waals surface area contributed by atoms with Crippen molar-refractivity contribution < 1.29 is 46.8 Å². The van der Waals surface area contributed by atoms with E-state index in [2.05, 4.69) is 0 Å². The van der Waals surface area contributed by atoms with Crippen molar-refractivity contribution in [2.75, 3.05) is 0 Å². The number of carboxylic acids is 2. The Balaban J connectivity index is 2.05. The van der Waals surface area contributed by atoms with Crippen LogP contribution >= 0.6 is 0 Å². The summed E-state index contributed by atoms with van der Waals surface area (Å²) in [6.07, 6.45) is 0. The first-order valence-corrected chi connectivity index (χ1v) is 8.07. The molecule has 0 atom stereocenters. The van der Waals surface area contributed by atoms with Crippen LogP contribution in [0.2, 0.25) is 0 Å². The zero-order valence-electron chi connectivity index (χ0n) is 14.7. The molecule has 0 saturated heterocycles. The van der Waals surface area contributed by atoms with Gasteiger partial charge in [-0.1, -0.05) is 12.1 Å². The molecule has 0 unspecified atom stereocenters. The van der Waals surface area contributed by atoms with E-state index in [1.54, 1.807) is 0 Å². The average molecular weight is 422 g/mol. The molecule has 0 heterocycles. The second-order valence-corrected chi connectivity index (χ2v) is 5.78. The van der Waals surface area contributed by atoms with Crippen LogP contribution in [-0.4, -0.2) is 22.2 Å². The molecule has 0 fully saturated rings. The molecule has 3 aromatic carbocycles. The van der Waals surface area contributed by atoms with E-state index in [0.29, 0.717) is 0 Å². The first-order valence-electron chi connectivity index (χ1n) is 8.07. The van der Waals surface area contributed by atoms with Gasteiger partial charge >= 0.3 is 11.9 Å². The third kappa shape index (κ3) is 4.02. The fraction of sp³-hybridized carbons (Fsp3) is 0. The summed E-state index contributed by atoms with van der Waals surface area (Å²) in [4.78, 5) is 22.0. The maximum Gasteiger partial charge on any atom is 0.335 e. The molecule has 2 N–H and O–H groups in total. The number of aromatic carboxylic acids is 2. The Hall–Kier alpha value is -4.08. The molecular weight excluding hydrogens is 412 g/mol. The minimum Gasteiger partial charge on any atom is -0.478 e. The Morgan fingerprint density at radius 2 is 1.03 bits per heavy atom. The molecule has 0 amide bonds. The van der Waals surface area contributed by atoms with Gasteiger partial charge in [0.25, 0.3) is 0 Å². The van der Waals surface area contributed by atoms with Crippen LogP contribution in [0, 0.1) is 23.3 Å². The van der Waals surface area contributed by atoms with Gasteiger partial charge in [0.2, 0.25) is 34.8 Å². The number of carboxylic acid groups (broad SMARTS) is 2. The lowest BCUT2D eigenvalue weighted by Crippen LogP contribution is -2.05. The highest BCUT2D eigenvalue weighted by Gasteiger charge is 2.29. The van der Waals surface area contributed by atoms with E-state index >= 15 is 0 Å². The van der Waals surface area contributed by atoms with Crippen molar-refractivity contribution in [2.45, 2.75) is 0 Å². The van der Waals surface area contributed by atoms with Gasteiger partial charge in [-0.25, -0.2) is 14.0 Å². The highest BCUT2D eigenvalue weighted by molar-refractivity contribution is 5.88. The number of benzene rings is 3. The van der Waals surface area contributed by atoms with Crippen LogP contribution < -0.4 is 9.47 Å². The molecule has 0 spiro atoms. The van der Waals surface area contributed by atoms with Gasteiger partial charge in [0.05, 0.1) is 11.1 Å². The minimum absolute atomic E-state index is 0.280. The Labute approximate surface area is 165 Å². The van der Waals surface area contributed by atoms with E-state index in [1.807, 2.05) is 0 Å². The molecule has 0 radical (unpaired) electrons. The second kappa shape index (κ2) is 8.11. The van der Waals surface area contributed by atoms with Crippen molar-refractivity contribution in [2.24, 2.45) is 0 Å². The summed E-state index contributed by atoms with van der Waals surface area (Å²) >= 11 is 0. The van der Waals surface area contributed by atoms with Crippen molar-refractivity contribution in [3.05, 3.63) is 82.9 Å². The topological polar surface area (TPSA) is 93.1 Å². The molecule has 0 aliphatic rings. The van der Waals surface area contributed by atoms with Crippen LogP contribution in [0.1, 0.15) is 20.7 Å². The van der Waals surface area contributed by atoms with Crippen molar-refractivity contribution in [1.82, 2.24) is 0 Å². The number of halogens is 4. The number of hydrogen-bond donors (Lipinski definition) is 2. The third-order valence-electron chi connectivity index (χ3n) is 3.78. The van der Waals surface area contributed by atoms with E-state index < -0.39 is 46.7 Å². The molecule has 154 valence electrons. The highest BCUT2D eigenvalue weighted by atomic mass is 19.2. The zero-order chi connectivity index (χ0) is 22.0. The fourth-order valence-electron chi connectivity index (χ4n) is 2.39. The largest absolute Gasteiger partial charge is 0.478 e. The molecule has 0 saturated carbocycles. The predicted octanol–water partition coefficient (Wildman–Crippen LogP) is 5.22. The summed E-state index contributed by atoms with van der Waals surface area (Å²) in [6.45, 7) is 0. The lowest BCUT2D eigenvalue weighted by molar-refractivity contribution is 0.0686. The van der Waals surface area contributed by atoms with E-state index in [0.717, 1.165) is 24.3 Å². The van der Waals surface area contributed by atoms with Gasteiger partial charge in [0.15, 0.2) is 0 Å². The summed E-state index contributed by atoms with van der Waals surface area (Å²) in [5.74, 6) is -14.0. The van der Waals surface area contributed by atoms with E-state index in [-0.39, 0.29) is 22.6 Å². The van der Waals surface area contributed by atoms with Gasteiger partial charge in [0.1, 0.15) is 11.5 Å². The van der Waals surface area contributed by atoms with Gasteiger partial charge < -0.3 is 19.7 Å². The van der Waals surface area contributed by atoms with Crippen LogP contribution in [0.3, 0.4) is 0 Å². The van der Waals surface area contributed by atoms with Crippen LogP contribution in [0.25, 0.3) is 0 Å². The average Bonchev–Trinajstić information content (AvgIpc) is 2.73. The van der Waals surface area contributed by atoms with Crippen LogP contribution in [0.15, 0.2) is 48.5 Å². The predicted molar refractivity (Wildman–Crippen MR) is 93.2 cm³/mol. The summed E-state index contributed by atoms with van der Waals surface area (Å²) in [5, 5.41) is 17.9. The van der Waals surface area contributed by atoms with E-state index in [9.17, 15) is 27.2 Å². The van der Waals surface area contributed by atoms with Crippen molar-refractivity contribution in [3.8, 4) is 23.0 Å². The zero-order valence-corrected chi connectivity index (χ0v) is 14.7. The monoisotopic (exact) mass is 422 g/mol. The van der Waals surface area contributed by atoms with E-state index in [1.165, 1.54) is 24.3 Å².